The van der Waals surface area contributed by atoms with Gasteiger partial charge in [-0.25, -0.2) is 14.2 Å². The van der Waals surface area contributed by atoms with Crippen LogP contribution in [0.2, 0.25) is 0 Å². The smallest absolute Gasteiger partial charge is 0.434 e. The number of guanidine groups is 1. The summed E-state index contributed by atoms with van der Waals surface area (Å²) in [6.45, 7) is 10.6. The van der Waals surface area contributed by atoms with Gasteiger partial charge < -0.3 is 23.8 Å². The van der Waals surface area contributed by atoms with Gasteiger partial charge in [-0.2, -0.15) is 5.06 Å². The monoisotopic (exact) mass is 527 g/mol. The van der Waals surface area contributed by atoms with E-state index < -0.39 is 43.8 Å². The molecule has 0 amide bonds. The van der Waals surface area contributed by atoms with Crippen LogP contribution in [0.5, 0.6) is 0 Å². The average Bonchev–Trinajstić information content (AvgIpc) is 2.72. The first-order chi connectivity index (χ1) is 16.1. The first-order valence-corrected chi connectivity index (χ1v) is 12.5. The Hall–Kier alpha value is -2.57. The minimum atomic E-state index is -4.17. The highest BCUT2D eigenvalue weighted by atomic mass is 31.2. The van der Waals surface area contributed by atoms with Gasteiger partial charge >= 0.3 is 26.0 Å². The van der Waals surface area contributed by atoms with Crippen molar-refractivity contribution in [2.45, 2.75) is 60.7 Å². The lowest BCUT2D eigenvalue weighted by atomic mass is 10.2. The third-order valence-electron chi connectivity index (χ3n) is 3.52. The Morgan fingerprint density at radius 3 is 1.57 bits per heavy atom. The highest BCUT2D eigenvalue weighted by Crippen LogP contribution is 2.44. The molecule has 0 fully saturated rings. The van der Waals surface area contributed by atoms with Crippen LogP contribution in [0.3, 0.4) is 0 Å². The van der Waals surface area contributed by atoms with Crippen LogP contribution in [-0.2, 0) is 42.2 Å². The van der Waals surface area contributed by atoms with E-state index in [1.165, 1.54) is 7.05 Å². The van der Waals surface area contributed by atoms with E-state index in [0.29, 0.717) is 0 Å². The summed E-state index contributed by atoms with van der Waals surface area (Å²) in [5.74, 6) is -2.10. The Balaban J connectivity index is 5.01. The fraction of sp³-hybridized carbons (Fsp3) is 0.800. The zero-order valence-corrected chi connectivity index (χ0v) is 22.4. The number of rotatable bonds is 13. The van der Waals surface area contributed by atoms with Crippen LogP contribution in [0.15, 0.2) is 0 Å². The molecule has 35 heavy (non-hydrogen) atoms. The normalized spacial score (nSPS) is 14.3. The van der Waals surface area contributed by atoms with Crippen molar-refractivity contribution in [1.29, 1.82) is 5.41 Å². The van der Waals surface area contributed by atoms with Gasteiger partial charge in [-0.1, -0.05) is 13.8 Å². The molecule has 204 valence electrons. The minimum absolute atomic E-state index is 0.0848. The number of hydroxylamine groups is 2. The Morgan fingerprint density at radius 1 is 0.829 bits per heavy atom. The molecular formula is C20H38N3O11P. The molecule has 0 aromatic rings. The lowest BCUT2D eigenvalue weighted by Gasteiger charge is -2.26. The van der Waals surface area contributed by atoms with Gasteiger partial charge in [-0.05, 0) is 27.7 Å². The summed E-state index contributed by atoms with van der Waals surface area (Å²) < 4.78 is 43.7. The van der Waals surface area contributed by atoms with Crippen molar-refractivity contribution in [2.75, 3.05) is 33.5 Å². The molecule has 0 radical (unpaired) electrons. The molecule has 2 atom stereocenters. The van der Waals surface area contributed by atoms with Gasteiger partial charge in [-0.3, -0.25) is 24.3 Å². The Morgan fingerprint density at radius 2 is 1.23 bits per heavy atom. The number of hydrogen-bond donors (Lipinski definition) is 2. The predicted octanol–water partition coefficient (Wildman–Crippen LogP) is 3.46. The lowest BCUT2D eigenvalue weighted by Crippen LogP contribution is -2.38. The summed E-state index contributed by atoms with van der Waals surface area (Å²) in [7, 11) is -2.93. The number of carbonyl (C=O) groups is 3. The standard InChI is InChI=1S/C20H38N3O11P/c1-13(2)32-19(25)28-9-15(5)11-30-35(27,22-18(21)23(8)34-17(7)24)31-12-16(6)10-29-20(26)33-14(3)4/h13-16H,9-12H2,1-8H3,(H2,21,22,27). The second-order valence-electron chi connectivity index (χ2n) is 8.30. The highest BCUT2D eigenvalue weighted by Gasteiger charge is 2.30. The third kappa shape index (κ3) is 16.7. The van der Waals surface area contributed by atoms with Gasteiger partial charge in [0.05, 0.1) is 38.6 Å². The Labute approximate surface area is 205 Å². The maximum absolute atomic E-state index is 13.3. The first-order valence-electron chi connectivity index (χ1n) is 11.0. The summed E-state index contributed by atoms with van der Waals surface area (Å²) in [5, 5.41) is 11.0. The Kier molecular flexibility index (Phi) is 15.0. The molecule has 14 nitrogen and oxygen atoms in total. The van der Waals surface area contributed by atoms with Crippen LogP contribution in [0, 0.1) is 17.2 Å². The number of ether oxygens (including phenoxy) is 4. The molecule has 2 N–H and O–H groups in total. The van der Waals surface area contributed by atoms with E-state index in [2.05, 4.69) is 5.09 Å². The lowest BCUT2D eigenvalue weighted by molar-refractivity contribution is -0.166. The molecule has 0 aliphatic carbocycles. The van der Waals surface area contributed by atoms with Crippen LogP contribution in [-0.4, -0.2) is 75.0 Å². The summed E-state index contributed by atoms with van der Waals surface area (Å²) >= 11 is 0. The molecule has 0 rings (SSSR count). The molecule has 0 aromatic carbocycles. The SMILES string of the molecule is CC(=O)ON(C)C(=N)NP(=O)(OCC(C)COC(=O)OC(C)C)OCC(C)COC(=O)OC(C)C. The molecule has 0 aliphatic rings. The third-order valence-corrected chi connectivity index (χ3v) is 4.98. The number of nitrogens with zero attached hydrogens (tertiary/aromatic N) is 1. The van der Waals surface area contributed by atoms with Crippen LogP contribution >= 0.6 is 7.75 Å². The summed E-state index contributed by atoms with van der Waals surface area (Å²) in [4.78, 5) is 38.9. The largest absolute Gasteiger partial charge is 0.508 e. The molecule has 15 heteroatoms. The summed E-state index contributed by atoms with van der Waals surface area (Å²) in [6.07, 6.45) is -2.38. The van der Waals surface area contributed by atoms with Gasteiger partial charge in [-0.15, -0.1) is 0 Å². The first kappa shape index (κ1) is 32.4. The second-order valence-corrected chi connectivity index (χ2v) is 10.0. The van der Waals surface area contributed by atoms with Crippen molar-refractivity contribution in [3.63, 3.8) is 0 Å². The predicted molar refractivity (Wildman–Crippen MR) is 123 cm³/mol. The number of hydrogen-bond acceptors (Lipinski definition) is 12. The van der Waals surface area contributed by atoms with Gasteiger partial charge in [0.25, 0.3) is 0 Å². The molecule has 2 unspecified atom stereocenters. The highest BCUT2D eigenvalue weighted by molar-refractivity contribution is 7.52. The molecule has 0 heterocycles. The van der Waals surface area contributed by atoms with Gasteiger partial charge in [0, 0.05) is 25.8 Å². The molecule has 0 aliphatic heterocycles. The van der Waals surface area contributed by atoms with E-state index in [-0.39, 0.29) is 38.6 Å². The van der Waals surface area contributed by atoms with Crippen molar-refractivity contribution >= 4 is 32.0 Å². The quantitative estimate of drug-likeness (QED) is 0.117. The van der Waals surface area contributed by atoms with Crippen molar-refractivity contribution in [3.8, 4) is 0 Å². The zero-order chi connectivity index (χ0) is 27.2. The molecule has 0 aromatic heterocycles. The number of nitrogens with one attached hydrogen (secondary N) is 2. The molecule has 0 bridgehead atoms. The van der Waals surface area contributed by atoms with E-state index in [1.807, 2.05) is 0 Å². The topological polar surface area (TPSA) is 172 Å². The van der Waals surface area contributed by atoms with E-state index in [1.54, 1.807) is 41.5 Å². The van der Waals surface area contributed by atoms with Crippen LogP contribution < -0.4 is 5.09 Å². The van der Waals surface area contributed by atoms with Crippen molar-refractivity contribution in [1.82, 2.24) is 10.2 Å². The van der Waals surface area contributed by atoms with E-state index >= 15 is 0 Å². The fourth-order valence-electron chi connectivity index (χ4n) is 1.96. The van der Waals surface area contributed by atoms with Crippen molar-refractivity contribution in [2.24, 2.45) is 11.8 Å². The van der Waals surface area contributed by atoms with E-state index in [4.69, 9.17) is 38.2 Å². The molecule has 0 saturated carbocycles. The fourth-order valence-corrected chi connectivity index (χ4v) is 3.47. The van der Waals surface area contributed by atoms with Gasteiger partial charge in [0.2, 0.25) is 5.96 Å². The minimum Gasteiger partial charge on any atom is -0.434 e. The van der Waals surface area contributed by atoms with Gasteiger partial charge in [0.1, 0.15) is 0 Å². The van der Waals surface area contributed by atoms with Gasteiger partial charge in [0.15, 0.2) is 0 Å². The van der Waals surface area contributed by atoms with Crippen LogP contribution in [0.25, 0.3) is 0 Å². The van der Waals surface area contributed by atoms with Crippen LogP contribution in [0.1, 0.15) is 48.5 Å². The van der Waals surface area contributed by atoms with Crippen LogP contribution in [0.4, 0.5) is 9.59 Å². The van der Waals surface area contributed by atoms with E-state index in [9.17, 15) is 18.9 Å². The summed E-state index contributed by atoms with van der Waals surface area (Å²) in [5.41, 5.74) is 0. The van der Waals surface area contributed by atoms with Crippen molar-refractivity contribution < 1.29 is 51.8 Å². The molecule has 0 spiro atoms. The maximum atomic E-state index is 13.3. The van der Waals surface area contributed by atoms with E-state index in [0.717, 1.165) is 12.0 Å². The summed E-state index contributed by atoms with van der Waals surface area (Å²) in [6, 6.07) is 0. The number of carbonyl (C=O) groups excluding carboxylic acids is 3. The maximum Gasteiger partial charge on any atom is 0.508 e. The average molecular weight is 528 g/mol. The van der Waals surface area contributed by atoms with Crippen molar-refractivity contribution in [3.05, 3.63) is 0 Å². The Bertz CT molecular complexity index is 708. The molecular weight excluding hydrogens is 489 g/mol. The second kappa shape index (κ2) is 16.2. The zero-order valence-electron chi connectivity index (χ0n) is 21.5. The molecule has 0 saturated heterocycles.